The molecule has 134 valence electrons. The number of carbonyl (C=O) groups is 1. The maximum atomic E-state index is 12.8. The van der Waals surface area contributed by atoms with Gasteiger partial charge in [-0.05, 0) is 24.8 Å². The molecule has 3 heterocycles. The van der Waals surface area contributed by atoms with Gasteiger partial charge in [-0.15, -0.1) is 24.8 Å². The van der Waals surface area contributed by atoms with Gasteiger partial charge in [-0.1, -0.05) is 13.8 Å². The summed E-state index contributed by atoms with van der Waals surface area (Å²) in [5.41, 5.74) is 8.40. The molecule has 8 heteroatoms. The minimum Gasteiger partial charge on any atom is -0.338 e. The molecule has 1 amide bonds. The Morgan fingerprint density at radius 3 is 2.67 bits per heavy atom. The summed E-state index contributed by atoms with van der Waals surface area (Å²) in [6, 6.07) is 2.03. The number of nitrogens with two attached hydrogens (primary N) is 1. The van der Waals surface area contributed by atoms with E-state index in [0.29, 0.717) is 18.7 Å². The molecule has 6 nitrogen and oxygen atoms in total. The number of aromatic nitrogens is 3. The summed E-state index contributed by atoms with van der Waals surface area (Å²) in [4.78, 5) is 19.1. The molecule has 0 bridgehead atoms. The number of halogens is 2. The minimum absolute atomic E-state index is 0. The SMILES string of the molecule is Cc1nn(C)c2ncc(C(=O)N3CCC(N)C(C)(C)C3)cc12.Cl.Cl. The first-order chi connectivity index (χ1) is 10.3. The zero-order chi connectivity index (χ0) is 16.1. The van der Waals surface area contributed by atoms with Crippen molar-refractivity contribution in [1.29, 1.82) is 0 Å². The summed E-state index contributed by atoms with van der Waals surface area (Å²) in [6.07, 6.45) is 2.48. The zero-order valence-corrected chi connectivity index (χ0v) is 16.1. The summed E-state index contributed by atoms with van der Waals surface area (Å²) in [6.45, 7) is 7.54. The van der Waals surface area contributed by atoms with Gasteiger partial charge in [-0.25, -0.2) is 4.98 Å². The van der Waals surface area contributed by atoms with E-state index in [1.54, 1.807) is 10.9 Å². The van der Waals surface area contributed by atoms with Crippen LogP contribution in [-0.2, 0) is 7.05 Å². The second kappa shape index (κ2) is 7.25. The summed E-state index contributed by atoms with van der Waals surface area (Å²) < 4.78 is 1.74. The van der Waals surface area contributed by atoms with E-state index in [1.165, 1.54) is 0 Å². The van der Waals surface area contributed by atoms with Gasteiger partial charge in [0, 0.05) is 37.8 Å². The van der Waals surface area contributed by atoms with Crippen LogP contribution in [0.4, 0.5) is 0 Å². The van der Waals surface area contributed by atoms with Crippen LogP contribution in [0.3, 0.4) is 0 Å². The van der Waals surface area contributed by atoms with Crippen molar-refractivity contribution >= 4 is 41.8 Å². The van der Waals surface area contributed by atoms with E-state index in [2.05, 4.69) is 23.9 Å². The summed E-state index contributed by atoms with van der Waals surface area (Å²) in [7, 11) is 1.86. The number of fused-ring (bicyclic) bond motifs is 1. The van der Waals surface area contributed by atoms with Crippen molar-refractivity contribution in [3.05, 3.63) is 23.5 Å². The molecule has 2 N–H and O–H groups in total. The third kappa shape index (κ3) is 3.50. The van der Waals surface area contributed by atoms with Crippen LogP contribution in [0.15, 0.2) is 12.3 Å². The van der Waals surface area contributed by atoms with Crippen molar-refractivity contribution in [2.75, 3.05) is 13.1 Å². The lowest BCUT2D eigenvalue weighted by Gasteiger charge is -2.42. The summed E-state index contributed by atoms with van der Waals surface area (Å²) >= 11 is 0. The Balaban J connectivity index is 0.00000144. The first kappa shape index (κ1) is 20.7. The van der Waals surface area contributed by atoms with E-state index in [1.807, 2.05) is 24.9 Å². The Labute approximate surface area is 154 Å². The fraction of sp³-hybridized carbons (Fsp3) is 0.562. The number of carbonyl (C=O) groups excluding carboxylic acids is 1. The number of pyridine rings is 1. The van der Waals surface area contributed by atoms with E-state index < -0.39 is 0 Å². The Hall–Kier alpha value is -1.37. The molecule has 1 aliphatic rings. The smallest absolute Gasteiger partial charge is 0.255 e. The molecule has 1 saturated heterocycles. The van der Waals surface area contributed by atoms with Crippen LogP contribution in [-0.4, -0.2) is 44.7 Å². The number of piperidine rings is 1. The van der Waals surface area contributed by atoms with Crippen LogP contribution in [0.1, 0.15) is 36.3 Å². The molecule has 1 fully saturated rings. The molecular weight excluding hydrogens is 349 g/mol. The van der Waals surface area contributed by atoms with Crippen LogP contribution in [0.25, 0.3) is 11.0 Å². The van der Waals surface area contributed by atoms with Crippen molar-refractivity contribution in [2.45, 2.75) is 33.2 Å². The highest BCUT2D eigenvalue weighted by Gasteiger charge is 2.35. The van der Waals surface area contributed by atoms with Crippen LogP contribution < -0.4 is 5.73 Å². The second-order valence-electron chi connectivity index (χ2n) is 6.91. The van der Waals surface area contributed by atoms with Gasteiger partial charge in [-0.3, -0.25) is 9.48 Å². The molecule has 1 aliphatic heterocycles. The minimum atomic E-state index is -0.0599. The van der Waals surface area contributed by atoms with Crippen molar-refractivity contribution in [3.8, 4) is 0 Å². The van der Waals surface area contributed by atoms with Gasteiger partial charge in [0.2, 0.25) is 0 Å². The number of hydrogen-bond donors (Lipinski definition) is 1. The molecule has 0 aromatic carbocycles. The molecule has 2 aromatic heterocycles. The molecule has 2 aromatic rings. The Morgan fingerprint density at radius 1 is 1.38 bits per heavy atom. The standard InChI is InChI=1S/C16H23N5O.2ClH/c1-10-12-7-11(8-18-14(12)20(4)19-10)15(22)21-6-5-13(17)16(2,3)9-21;;/h7-8,13H,5-6,9,17H2,1-4H3;2*1H. The van der Waals surface area contributed by atoms with Crippen molar-refractivity contribution in [2.24, 2.45) is 18.2 Å². The monoisotopic (exact) mass is 373 g/mol. The van der Waals surface area contributed by atoms with E-state index in [-0.39, 0.29) is 42.2 Å². The fourth-order valence-electron chi connectivity index (χ4n) is 3.15. The topological polar surface area (TPSA) is 77.0 Å². The molecule has 0 saturated carbocycles. The lowest BCUT2D eigenvalue weighted by molar-refractivity contribution is 0.0533. The van der Waals surface area contributed by atoms with Gasteiger partial charge >= 0.3 is 0 Å². The number of aryl methyl sites for hydroxylation is 2. The van der Waals surface area contributed by atoms with Crippen LogP contribution in [0.2, 0.25) is 0 Å². The van der Waals surface area contributed by atoms with Crippen LogP contribution in [0, 0.1) is 12.3 Å². The average molecular weight is 374 g/mol. The van der Waals surface area contributed by atoms with E-state index in [9.17, 15) is 4.79 Å². The van der Waals surface area contributed by atoms with E-state index in [0.717, 1.165) is 23.1 Å². The highest BCUT2D eigenvalue weighted by Crippen LogP contribution is 2.29. The number of likely N-dealkylation sites (tertiary alicyclic amines) is 1. The van der Waals surface area contributed by atoms with Gasteiger partial charge < -0.3 is 10.6 Å². The summed E-state index contributed by atoms with van der Waals surface area (Å²) in [5, 5.41) is 5.28. The predicted octanol–water partition coefficient (Wildman–Crippen LogP) is 2.32. The first-order valence-corrected chi connectivity index (χ1v) is 7.64. The van der Waals surface area contributed by atoms with Gasteiger partial charge in [0.15, 0.2) is 5.65 Å². The van der Waals surface area contributed by atoms with Gasteiger partial charge in [0.1, 0.15) is 0 Å². The number of rotatable bonds is 1. The second-order valence-corrected chi connectivity index (χ2v) is 6.91. The van der Waals surface area contributed by atoms with E-state index >= 15 is 0 Å². The number of nitrogens with zero attached hydrogens (tertiary/aromatic N) is 4. The molecule has 0 radical (unpaired) electrons. The molecular formula is C16H25Cl2N5O. The number of hydrogen-bond acceptors (Lipinski definition) is 4. The third-order valence-electron chi connectivity index (χ3n) is 4.71. The first-order valence-electron chi connectivity index (χ1n) is 7.64. The third-order valence-corrected chi connectivity index (χ3v) is 4.71. The van der Waals surface area contributed by atoms with Crippen molar-refractivity contribution in [1.82, 2.24) is 19.7 Å². The molecule has 3 rings (SSSR count). The molecule has 1 unspecified atom stereocenters. The van der Waals surface area contributed by atoms with Gasteiger partial charge in [0.25, 0.3) is 5.91 Å². The predicted molar refractivity (Wildman–Crippen MR) is 100 cm³/mol. The molecule has 24 heavy (non-hydrogen) atoms. The normalized spacial score (nSPS) is 19.5. The van der Waals surface area contributed by atoms with Gasteiger partial charge in [0.05, 0.1) is 11.3 Å². The average Bonchev–Trinajstić information content (AvgIpc) is 2.75. The van der Waals surface area contributed by atoms with Crippen molar-refractivity contribution in [3.63, 3.8) is 0 Å². The molecule has 0 spiro atoms. The Morgan fingerprint density at radius 2 is 2.04 bits per heavy atom. The highest BCUT2D eigenvalue weighted by atomic mass is 35.5. The largest absolute Gasteiger partial charge is 0.338 e. The molecule has 0 aliphatic carbocycles. The lowest BCUT2D eigenvalue weighted by Crippen LogP contribution is -2.54. The van der Waals surface area contributed by atoms with Crippen LogP contribution >= 0.6 is 24.8 Å². The Kier molecular flexibility index (Phi) is 6.25. The maximum Gasteiger partial charge on any atom is 0.255 e. The lowest BCUT2D eigenvalue weighted by atomic mass is 9.79. The van der Waals surface area contributed by atoms with Gasteiger partial charge in [-0.2, -0.15) is 5.10 Å². The quantitative estimate of drug-likeness (QED) is 0.831. The summed E-state index contributed by atoms with van der Waals surface area (Å²) in [5.74, 6) is 0.0256. The zero-order valence-electron chi connectivity index (χ0n) is 14.4. The van der Waals surface area contributed by atoms with E-state index in [4.69, 9.17) is 5.73 Å². The maximum absolute atomic E-state index is 12.8. The molecule has 1 atom stereocenters. The Bertz CT molecular complexity index is 743. The highest BCUT2D eigenvalue weighted by molar-refractivity contribution is 5.97. The van der Waals surface area contributed by atoms with Crippen LogP contribution in [0.5, 0.6) is 0 Å². The fourth-order valence-corrected chi connectivity index (χ4v) is 3.15. The number of amides is 1. The van der Waals surface area contributed by atoms with Crippen molar-refractivity contribution < 1.29 is 4.79 Å².